The van der Waals surface area contributed by atoms with Gasteiger partial charge in [-0.1, -0.05) is 178 Å². The maximum atomic E-state index is 13.8. The zero-order valence-electron chi connectivity index (χ0n) is 37.6. The first-order chi connectivity index (χ1) is 33.0. The van der Waals surface area contributed by atoms with E-state index >= 15 is 0 Å². The lowest BCUT2D eigenvalue weighted by atomic mass is 9.84. The molecule has 0 radical (unpaired) electrons. The van der Waals surface area contributed by atoms with Crippen molar-refractivity contribution in [3.05, 3.63) is 240 Å². The molecule has 2 fully saturated rings. The molecule has 0 amide bonds. The monoisotopic (exact) mass is 924 g/mol. The lowest BCUT2D eigenvalue weighted by Gasteiger charge is -2.22. The predicted molar refractivity (Wildman–Crippen MR) is 259 cm³/mol. The third-order valence-corrected chi connectivity index (χ3v) is 12.5. The smallest absolute Gasteiger partial charge is 0.166 e. The van der Waals surface area contributed by atoms with E-state index in [0.29, 0.717) is 39.7 Å². The second kappa shape index (κ2) is 24.3. The standard InChI is InChI=1S/2C18H18F2.2C12H8F2/c19-17-8-4-7-16(18(17)20)15-11-9-14(10-12-15)13-5-2-1-3-6-13;19-17-10-16(11-18(20)12-17)15-8-6-14(7-9-15)13-4-2-1-3-5-13;13-10-7-4-8-11(14)12(10)9-5-2-1-3-6-9;13-11-8-4-7-10(12(11)14)9-5-2-1-3-6-9/h4,7-13H,1-3,5-6H2;6-13H,1-5H2;2*1-8H. The summed E-state index contributed by atoms with van der Waals surface area (Å²) in [6.45, 7) is 0. The lowest BCUT2D eigenvalue weighted by Crippen LogP contribution is -2.04. The van der Waals surface area contributed by atoms with Gasteiger partial charge in [-0.15, -0.1) is 0 Å². The molecule has 0 aliphatic heterocycles. The molecule has 0 aromatic heterocycles. The van der Waals surface area contributed by atoms with Crippen molar-refractivity contribution in [3.8, 4) is 44.5 Å². The second-order valence-electron chi connectivity index (χ2n) is 17.1. The summed E-state index contributed by atoms with van der Waals surface area (Å²) >= 11 is 0. The molecule has 0 heterocycles. The van der Waals surface area contributed by atoms with E-state index < -0.39 is 46.5 Å². The molecule has 0 saturated heterocycles. The maximum Gasteiger partial charge on any atom is 0.166 e. The van der Waals surface area contributed by atoms with Crippen LogP contribution in [0.4, 0.5) is 35.1 Å². The Kier molecular flexibility index (Phi) is 17.5. The minimum Gasteiger partial charge on any atom is -0.207 e. The highest BCUT2D eigenvalue weighted by Crippen LogP contribution is 2.36. The van der Waals surface area contributed by atoms with Crippen LogP contribution < -0.4 is 0 Å². The van der Waals surface area contributed by atoms with E-state index in [1.807, 2.05) is 36.4 Å². The van der Waals surface area contributed by atoms with E-state index in [2.05, 4.69) is 24.3 Å². The zero-order valence-corrected chi connectivity index (χ0v) is 37.6. The van der Waals surface area contributed by atoms with Gasteiger partial charge in [-0.2, -0.15) is 0 Å². The van der Waals surface area contributed by atoms with E-state index in [0.717, 1.165) is 29.3 Å². The van der Waals surface area contributed by atoms with E-state index in [1.54, 1.807) is 66.7 Å². The summed E-state index contributed by atoms with van der Waals surface area (Å²) in [5.74, 6) is -4.00. The molecule has 0 nitrogen and oxygen atoms in total. The fourth-order valence-corrected chi connectivity index (χ4v) is 8.92. The first-order valence-corrected chi connectivity index (χ1v) is 23.2. The summed E-state index contributed by atoms with van der Waals surface area (Å²) in [5, 5.41) is 0. The largest absolute Gasteiger partial charge is 0.207 e. The number of hydrogen-bond donors (Lipinski definition) is 0. The highest BCUT2D eigenvalue weighted by atomic mass is 19.2. The van der Waals surface area contributed by atoms with Crippen molar-refractivity contribution in [1.29, 1.82) is 0 Å². The van der Waals surface area contributed by atoms with Gasteiger partial charge in [0.15, 0.2) is 23.3 Å². The van der Waals surface area contributed by atoms with Crippen LogP contribution in [-0.4, -0.2) is 0 Å². The van der Waals surface area contributed by atoms with Gasteiger partial charge in [0.25, 0.3) is 0 Å². The van der Waals surface area contributed by atoms with Crippen LogP contribution in [0.1, 0.15) is 87.2 Å². The average Bonchev–Trinajstić information content (AvgIpc) is 3.37. The number of benzene rings is 8. The van der Waals surface area contributed by atoms with Gasteiger partial charge >= 0.3 is 0 Å². The number of hydrogen-bond acceptors (Lipinski definition) is 0. The fourth-order valence-electron chi connectivity index (χ4n) is 8.92. The van der Waals surface area contributed by atoms with Crippen LogP contribution in [0.2, 0.25) is 0 Å². The van der Waals surface area contributed by atoms with Crippen molar-refractivity contribution in [2.75, 3.05) is 0 Å². The van der Waals surface area contributed by atoms with Gasteiger partial charge in [-0.05, 0) is 113 Å². The summed E-state index contributed by atoms with van der Waals surface area (Å²) in [4.78, 5) is 0. The van der Waals surface area contributed by atoms with E-state index in [9.17, 15) is 35.1 Å². The maximum absolute atomic E-state index is 13.8. The van der Waals surface area contributed by atoms with E-state index in [1.165, 1.54) is 112 Å². The van der Waals surface area contributed by atoms with Gasteiger partial charge in [0, 0.05) is 17.2 Å². The van der Waals surface area contributed by atoms with Crippen molar-refractivity contribution in [3.63, 3.8) is 0 Å². The Morgan fingerprint density at radius 1 is 0.279 bits per heavy atom. The molecule has 2 aliphatic rings. The van der Waals surface area contributed by atoms with Crippen molar-refractivity contribution >= 4 is 0 Å². The van der Waals surface area contributed by atoms with Crippen molar-refractivity contribution in [2.45, 2.75) is 76.0 Å². The molecule has 348 valence electrons. The summed E-state index contributed by atoms with van der Waals surface area (Å²) in [7, 11) is 0. The summed E-state index contributed by atoms with van der Waals surface area (Å²) in [5.41, 5.74) is 6.78. The Morgan fingerprint density at radius 3 is 1.09 bits per heavy atom. The molecule has 8 heteroatoms. The molecule has 8 aromatic carbocycles. The van der Waals surface area contributed by atoms with Crippen LogP contribution in [0, 0.1) is 46.5 Å². The topological polar surface area (TPSA) is 0 Å². The zero-order chi connectivity index (χ0) is 47.8. The van der Waals surface area contributed by atoms with Crippen molar-refractivity contribution in [1.82, 2.24) is 0 Å². The van der Waals surface area contributed by atoms with E-state index in [-0.39, 0.29) is 5.56 Å². The van der Waals surface area contributed by atoms with Crippen molar-refractivity contribution in [2.24, 2.45) is 0 Å². The van der Waals surface area contributed by atoms with Gasteiger partial charge in [-0.25, -0.2) is 35.1 Å². The Bertz CT molecular complexity index is 2770. The van der Waals surface area contributed by atoms with Crippen LogP contribution in [0.3, 0.4) is 0 Å². The molecule has 8 aromatic rings. The quantitative estimate of drug-likeness (QED) is 0.146. The van der Waals surface area contributed by atoms with Crippen molar-refractivity contribution < 1.29 is 35.1 Å². The molecule has 2 saturated carbocycles. The predicted octanol–water partition coefficient (Wildman–Crippen LogP) is 18.6. The summed E-state index contributed by atoms with van der Waals surface area (Å²) < 4.78 is 106. The van der Waals surface area contributed by atoms with Crippen LogP contribution >= 0.6 is 0 Å². The Balaban J connectivity index is 0.000000136. The highest BCUT2D eigenvalue weighted by molar-refractivity contribution is 5.67. The third-order valence-electron chi connectivity index (χ3n) is 12.5. The summed E-state index contributed by atoms with van der Waals surface area (Å²) in [6, 6.07) is 49.7. The molecule has 0 bridgehead atoms. The molecule has 0 atom stereocenters. The molecule has 0 N–H and O–H groups in total. The van der Waals surface area contributed by atoms with Gasteiger partial charge in [0.2, 0.25) is 0 Å². The molecule has 10 rings (SSSR count). The highest BCUT2D eigenvalue weighted by Gasteiger charge is 2.18. The molecule has 2 aliphatic carbocycles. The molecule has 0 spiro atoms. The Hall–Kier alpha value is -6.80. The molecular weight excluding hydrogens is 873 g/mol. The van der Waals surface area contributed by atoms with Crippen LogP contribution in [0.25, 0.3) is 44.5 Å². The Labute approximate surface area is 394 Å². The second-order valence-corrected chi connectivity index (χ2v) is 17.1. The Morgan fingerprint density at radius 2 is 0.647 bits per heavy atom. The molecular formula is C60H52F8. The van der Waals surface area contributed by atoms with Gasteiger partial charge < -0.3 is 0 Å². The van der Waals surface area contributed by atoms with E-state index in [4.69, 9.17) is 0 Å². The minimum absolute atomic E-state index is 0.0353. The normalized spacial score (nSPS) is 13.8. The fraction of sp³-hybridized carbons (Fsp3) is 0.200. The number of halogens is 8. The van der Waals surface area contributed by atoms with Gasteiger partial charge in [0.05, 0.1) is 5.56 Å². The minimum atomic E-state index is -0.814. The third kappa shape index (κ3) is 13.2. The van der Waals surface area contributed by atoms with Crippen LogP contribution in [0.15, 0.2) is 182 Å². The first kappa shape index (κ1) is 49.1. The van der Waals surface area contributed by atoms with Crippen LogP contribution in [0.5, 0.6) is 0 Å². The van der Waals surface area contributed by atoms with Gasteiger partial charge in [0.1, 0.15) is 23.3 Å². The first-order valence-electron chi connectivity index (χ1n) is 23.2. The van der Waals surface area contributed by atoms with Gasteiger partial charge in [-0.3, -0.25) is 0 Å². The molecule has 68 heavy (non-hydrogen) atoms. The van der Waals surface area contributed by atoms with Crippen LogP contribution in [-0.2, 0) is 0 Å². The summed E-state index contributed by atoms with van der Waals surface area (Å²) in [6.07, 6.45) is 12.9. The number of rotatable bonds is 6. The molecule has 0 unspecified atom stereocenters. The lowest BCUT2D eigenvalue weighted by molar-refractivity contribution is 0.443. The average molecular weight is 925 g/mol. The SMILES string of the molecule is Fc1cc(F)cc(-c2ccc(C3CCCCC3)cc2)c1.Fc1cccc(-c2ccc(C3CCCCC3)cc2)c1F.Fc1cccc(-c2ccccc2)c1F.Fc1cccc(F)c1-c1ccccc1.